The second-order valence-corrected chi connectivity index (χ2v) is 8.14. The number of pyridine rings is 1. The molecule has 174 valence electrons. The Kier molecular flexibility index (Phi) is 5.40. The van der Waals surface area contributed by atoms with Gasteiger partial charge in [0.2, 0.25) is 23.7 Å². The van der Waals surface area contributed by atoms with Crippen molar-refractivity contribution < 1.29 is 30.7 Å². The van der Waals surface area contributed by atoms with Gasteiger partial charge in [0, 0.05) is 37.8 Å². The molecule has 6 nitrogen and oxygen atoms in total. The van der Waals surface area contributed by atoms with Gasteiger partial charge in [-0.25, -0.2) is 22.5 Å². The Morgan fingerprint density at radius 3 is 1.97 bits per heavy atom. The number of nitrogens with zero attached hydrogens (tertiary/aromatic N) is 5. The third kappa shape index (κ3) is 4.70. The molecule has 2 aliphatic carbocycles. The summed E-state index contributed by atoms with van der Waals surface area (Å²) in [6.45, 7) is 0. The third-order valence-corrected chi connectivity index (χ3v) is 5.68. The highest BCUT2D eigenvalue weighted by Crippen LogP contribution is 2.44. The van der Waals surface area contributed by atoms with Crippen LogP contribution in [0.2, 0.25) is 0 Å². The number of halogens is 7. The first-order valence-electron chi connectivity index (χ1n) is 9.93. The molecule has 0 saturated heterocycles. The van der Waals surface area contributed by atoms with Crippen molar-refractivity contribution in [3.8, 4) is 11.5 Å². The van der Waals surface area contributed by atoms with Gasteiger partial charge < -0.3 is 10.6 Å². The van der Waals surface area contributed by atoms with Crippen molar-refractivity contribution in [1.82, 2.24) is 19.9 Å². The highest BCUT2D eigenvalue weighted by Gasteiger charge is 2.49. The van der Waals surface area contributed by atoms with Gasteiger partial charge in [-0.3, -0.25) is 0 Å². The van der Waals surface area contributed by atoms with Gasteiger partial charge in [0.05, 0.1) is 0 Å². The molecular formula is C19H19F7N6. The van der Waals surface area contributed by atoms with Crippen LogP contribution < -0.4 is 10.6 Å². The molecule has 0 radical (unpaired) electrons. The van der Waals surface area contributed by atoms with Gasteiger partial charge in [0.1, 0.15) is 11.4 Å². The summed E-state index contributed by atoms with van der Waals surface area (Å²) in [5.74, 6) is -6.85. The fraction of sp³-hybridized carbons (Fsp3) is 0.579. The summed E-state index contributed by atoms with van der Waals surface area (Å²) in [4.78, 5) is 16.7. The predicted octanol–water partition coefficient (Wildman–Crippen LogP) is 4.72. The molecule has 2 N–H and O–H groups in total. The molecule has 0 amide bonds. The molecule has 2 saturated carbocycles. The highest BCUT2D eigenvalue weighted by atomic mass is 19.4. The monoisotopic (exact) mass is 464 g/mol. The average Bonchev–Trinajstić information content (AvgIpc) is 3.22. The van der Waals surface area contributed by atoms with Crippen LogP contribution in [-0.2, 0) is 6.18 Å². The number of anilines is 2. The van der Waals surface area contributed by atoms with E-state index >= 15 is 0 Å². The number of hydrogen-bond donors (Lipinski definition) is 1. The van der Waals surface area contributed by atoms with E-state index < -0.39 is 61.5 Å². The van der Waals surface area contributed by atoms with Gasteiger partial charge in [-0.1, -0.05) is 6.07 Å². The van der Waals surface area contributed by atoms with Gasteiger partial charge in [0.25, 0.3) is 0 Å². The summed E-state index contributed by atoms with van der Waals surface area (Å²) in [5, 5.41) is 0. The summed E-state index contributed by atoms with van der Waals surface area (Å²) < 4.78 is 94.8. The normalized spacial score (nSPS) is 24.6. The standard InChI is InChI=1S/C19H19F7N6/c20-17(21)6-4-10(8-17)32(11-5-7-18(22,23)9-11)16-30-14(29-15(27)31-16)12-2-1-3-13(28-12)19(24,25)26/h1-3,10-11H,4-9H2,(H2,27,29,30,31)/t10-,11-/m0/s1. The maximum Gasteiger partial charge on any atom is 0.433 e. The van der Waals surface area contributed by atoms with Gasteiger partial charge in [-0.2, -0.15) is 28.1 Å². The number of nitrogens with two attached hydrogens (primary N) is 1. The molecule has 2 atom stereocenters. The molecule has 32 heavy (non-hydrogen) atoms. The lowest BCUT2D eigenvalue weighted by Gasteiger charge is -2.34. The molecule has 0 aromatic carbocycles. The van der Waals surface area contributed by atoms with Crippen LogP contribution in [0.3, 0.4) is 0 Å². The molecule has 2 aliphatic rings. The van der Waals surface area contributed by atoms with E-state index in [0.717, 1.165) is 12.1 Å². The van der Waals surface area contributed by atoms with Crippen molar-refractivity contribution in [2.45, 2.75) is 68.6 Å². The molecule has 0 aliphatic heterocycles. The summed E-state index contributed by atoms with van der Waals surface area (Å²) in [7, 11) is 0. The van der Waals surface area contributed by atoms with Crippen molar-refractivity contribution in [2.24, 2.45) is 0 Å². The predicted molar refractivity (Wildman–Crippen MR) is 100 cm³/mol. The quantitative estimate of drug-likeness (QED) is 0.660. The van der Waals surface area contributed by atoms with Crippen LogP contribution >= 0.6 is 0 Å². The first kappa shape index (κ1) is 22.5. The van der Waals surface area contributed by atoms with E-state index in [1.807, 2.05) is 0 Å². The SMILES string of the molecule is Nc1nc(-c2cccc(C(F)(F)F)n2)nc(N([C@H]2CCC(F)(F)C2)[C@H]2CCC(F)(F)C2)n1. The Bertz CT molecular complexity index is 970. The van der Waals surface area contributed by atoms with Crippen molar-refractivity contribution >= 4 is 11.9 Å². The van der Waals surface area contributed by atoms with Crippen molar-refractivity contribution in [3.63, 3.8) is 0 Å². The maximum absolute atomic E-state index is 13.9. The lowest BCUT2D eigenvalue weighted by Crippen LogP contribution is -2.43. The molecule has 0 bridgehead atoms. The van der Waals surface area contributed by atoms with Crippen LogP contribution in [0.4, 0.5) is 42.6 Å². The van der Waals surface area contributed by atoms with E-state index in [1.54, 1.807) is 0 Å². The number of rotatable bonds is 4. The van der Waals surface area contributed by atoms with Crippen LogP contribution in [0.1, 0.15) is 44.2 Å². The molecule has 0 unspecified atom stereocenters. The van der Waals surface area contributed by atoms with Gasteiger partial charge >= 0.3 is 6.18 Å². The molecule has 4 rings (SSSR count). The molecule has 0 spiro atoms. The van der Waals surface area contributed by atoms with Crippen molar-refractivity contribution in [1.29, 1.82) is 0 Å². The minimum atomic E-state index is -4.71. The molecule has 2 fully saturated rings. The number of alkyl halides is 7. The third-order valence-electron chi connectivity index (χ3n) is 5.68. The Labute approximate surface area is 178 Å². The lowest BCUT2D eigenvalue weighted by atomic mass is 10.1. The maximum atomic E-state index is 13.9. The Morgan fingerprint density at radius 2 is 1.47 bits per heavy atom. The minimum Gasteiger partial charge on any atom is -0.368 e. The molecule has 13 heteroatoms. The smallest absolute Gasteiger partial charge is 0.368 e. The van der Waals surface area contributed by atoms with Crippen LogP contribution in [0.25, 0.3) is 11.5 Å². The van der Waals surface area contributed by atoms with Crippen molar-refractivity contribution in [3.05, 3.63) is 23.9 Å². The van der Waals surface area contributed by atoms with Gasteiger partial charge in [-0.05, 0) is 25.0 Å². The Morgan fingerprint density at radius 1 is 0.875 bits per heavy atom. The molecular weight excluding hydrogens is 445 g/mol. The van der Waals surface area contributed by atoms with Crippen LogP contribution in [0.5, 0.6) is 0 Å². The Balaban J connectivity index is 1.75. The summed E-state index contributed by atoms with van der Waals surface area (Å²) in [5.41, 5.74) is 4.28. The highest BCUT2D eigenvalue weighted by molar-refractivity contribution is 5.54. The lowest BCUT2D eigenvalue weighted by molar-refractivity contribution is -0.141. The van der Waals surface area contributed by atoms with Crippen molar-refractivity contribution in [2.75, 3.05) is 10.6 Å². The second-order valence-electron chi connectivity index (χ2n) is 8.14. The zero-order chi connectivity index (χ0) is 23.3. The minimum absolute atomic E-state index is 0.0256. The zero-order valence-corrected chi connectivity index (χ0v) is 16.6. The van der Waals surface area contributed by atoms with Gasteiger partial charge in [-0.15, -0.1) is 0 Å². The topological polar surface area (TPSA) is 80.8 Å². The fourth-order valence-electron chi connectivity index (χ4n) is 4.28. The Hall–Kier alpha value is -2.73. The fourth-order valence-corrected chi connectivity index (χ4v) is 4.28. The number of nitrogen functional groups attached to an aromatic ring is 1. The van der Waals surface area contributed by atoms with E-state index in [2.05, 4.69) is 19.9 Å². The van der Waals surface area contributed by atoms with E-state index in [1.165, 1.54) is 11.0 Å². The van der Waals surface area contributed by atoms with E-state index in [4.69, 9.17) is 5.73 Å². The largest absolute Gasteiger partial charge is 0.433 e. The number of hydrogen-bond acceptors (Lipinski definition) is 6. The summed E-state index contributed by atoms with van der Waals surface area (Å²) in [6, 6.07) is 1.45. The molecule has 2 heterocycles. The first-order chi connectivity index (χ1) is 14.8. The van der Waals surface area contributed by atoms with E-state index in [9.17, 15) is 30.7 Å². The molecule has 2 aromatic heterocycles. The van der Waals surface area contributed by atoms with Crippen LogP contribution in [-0.4, -0.2) is 43.9 Å². The zero-order valence-electron chi connectivity index (χ0n) is 16.6. The van der Waals surface area contributed by atoms with Crippen LogP contribution in [0.15, 0.2) is 18.2 Å². The van der Waals surface area contributed by atoms with E-state index in [0.29, 0.717) is 0 Å². The summed E-state index contributed by atoms with van der Waals surface area (Å²) >= 11 is 0. The van der Waals surface area contributed by atoms with Crippen LogP contribution in [0, 0.1) is 0 Å². The van der Waals surface area contributed by atoms with E-state index in [-0.39, 0.29) is 36.3 Å². The first-order valence-corrected chi connectivity index (χ1v) is 9.93. The second kappa shape index (κ2) is 7.69. The summed E-state index contributed by atoms with van der Waals surface area (Å²) in [6.07, 6.45) is -6.64. The molecule has 2 aromatic rings. The van der Waals surface area contributed by atoms with Gasteiger partial charge in [0.15, 0.2) is 5.82 Å². The average molecular weight is 464 g/mol. The number of aromatic nitrogens is 4.